The van der Waals surface area contributed by atoms with Crippen LogP contribution in [0.5, 0.6) is 0 Å². The van der Waals surface area contributed by atoms with E-state index in [1.165, 1.54) is 21.3 Å². The fraction of sp³-hybridized carbons (Fsp3) is 0.353. The number of nitrogens with zero attached hydrogens (tertiary/aromatic N) is 2. The third kappa shape index (κ3) is 2.74. The summed E-state index contributed by atoms with van der Waals surface area (Å²) in [6, 6.07) is 11.0. The molecule has 0 aliphatic carbocycles. The van der Waals surface area contributed by atoms with Crippen LogP contribution in [0.4, 0.5) is 0 Å². The van der Waals surface area contributed by atoms with Crippen LogP contribution in [-0.2, 0) is 6.54 Å². The average Bonchev–Trinajstić information content (AvgIpc) is 3.15. The molecule has 1 unspecified atom stereocenters. The Hall–Kier alpha value is -1.65. The molecular formula is C17H21N3S. The van der Waals surface area contributed by atoms with Gasteiger partial charge in [-0.3, -0.25) is 4.68 Å². The van der Waals surface area contributed by atoms with Crippen LogP contribution in [-0.4, -0.2) is 16.3 Å². The van der Waals surface area contributed by atoms with Crippen molar-refractivity contribution < 1.29 is 0 Å². The van der Waals surface area contributed by atoms with E-state index in [0.29, 0.717) is 0 Å². The third-order valence-electron chi connectivity index (χ3n) is 3.77. The Balaban J connectivity index is 2.07. The van der Waals surface area contributed by atoms with Gasteiger partial charge in [-0.2, -0.15) is 5.10 Å². The van der Waals surface area contributed by atoms with E-state index in [9.17, 15) is 0 Å². The summed E-state index contributed by atoms with van der Waals surface area (Å²) in [6.07, 6.45) is 3.02. The lowest BCUT2D eigenvalue weighted by Gasteiger charge is -2.19. The Labute approximate surface area is 129 Å². The van der Waals surface area contributed by atoms with Gasteiger partial charge < -0.3 is 5.32 Å². The minimum Gasteiger partial charge on any atom is -0.305 e. The Morgan fingerprint density at radius 1 is 1.24 bits per heavy atom. The van der Waals surface area contributed by atoms with Gasteiger partial charge >= 0.3 is 0 Å². The van der Waals surface area contributed by atoms with Crippen LogP contribution >= 0.6 is 11.3 Å². The van der Waals surface area contributed by atoms with Gasteiger partial charge in [-0.05, 0) is 48.4 Å². The number of thiophene rings is 1. The van der Waals surface area contributed by atoms with Gasteiger partial charge in [0.1, 0.15) is 0 Å². The van der Waals surface area contributed by atoms with Gasteiger partial charge in [-0.25, -0.2) is 0 Å². The summed E-state index contributed by atoms with van der Waals surface area (Å²) in [6.45, 7) is 6.24. The Kier molecular flexibility index (Phi) is 4.36. The summed E-state index contributed by atoms with van der Waals surface area (Å²) in [5.74, 6) is 0. The highest BCUT2D eigenvalue weighted by Gasteiger charge is 2.20. The van der Waals surface area contributed by atoms with E-state index in [1.54, 1.807) is 0 Å². The van der Waals surface area contributed by atoms with Crippen LogP contribution in [0, 0.1) is 0 Å². The summed E-state index contributed by atoms with van der Waals surface area (Å²) in [5, 5.41) is 11.8. The molecule has 2 aromatic heterocycles. The van der Waals surface area contributed by atoms with E-state index in [0.717, 1.165) is 19.5 Å². The first-order valence-electron chi connectivity index (χ1n) is 7.56. The third-order valence-corrected chi connectivity index (χ3v) is 4.75. The van der Waals surface area contributed by atoms with Crippen LogP contribution in [0.25, 0.3) is 10.1 Å². The quantitative estimate of drug-likeness (QED) is 0.739. The van der Waals surface area contributed by atoms with Crippen LogP contribution < -0.4 is 5.32 Å². The lowest BCUT2D eigenvalue weighted by atomic mass is 10.0. The molecule has 1 N–H and O–H groups in total. The number of fused-ring (bicyclic) bond motifs is 1. The number of aryl methyl sites for hydroxylation is 1. The Morgan fingerprint density at radius 3 is 2.90 bits per heavy atom. The smallest absolute Gasteiger partial charge is 0.0762 e. The molecule has 3 aromatic rings. The first-order valence-corrected chi connectivity index (χ1v) is 8.44. The monoisotopic (exact) mass is 299 g/mol. The van der Waals surface area contributed by atoms with Gasteiger partial charge in [-0.15, -0.1) is 11.3 Å². The summed E-state index contributed by atoms with van der Waals surface area (Å²) in [5.41, 5.74) is 2.61. The molecule has 21 heavy (non-hydrogen) atoms. The molecule has 110 valence electrons. The normalized spacial score (nSPS) is 12.9. The zero-order valence-corrected chi connectivity index (χ0v) is 13.4. The van der Waals surface area contributed by atoms with Crippen molar-refractivity contribution in [3.8, 4) is 0 Å². The molecule has 0 spiro atoms. The van der Waals surface area contributed by atoms with E-state index in [2.05, 4.69) is 64.7 Å². The molecule has 0 saturated heterocycles. The van der Waals surface area contributed by atoms with Crippen LogP contribution in [0.15, 0.2) is 41.9 Å². The SMILES string of the molecule is CCCNC(c1csc2ccccc12)c1ccnn1CC. The minimum absolute atomic E-state index is 0.212. The van der Waals surface area contributed by atoms with Crippen molar-refractivity contribution in [1.82, 2.24) is 15.1 Å². The average molecular weight is 299 g/mol. The van der Waals surface area contributed by atoms with E-state index < -0.39 is 0 Å². The largest absolute Gasteiger partial charge is 0.305 e. The van der Waals surface area contributed by atoms with Gasteiger partial charge in [-0.1, -0.05) is 25.1 Å². The van der Waals surface area contributed by atoms with Gasteiger partial charge in [0.05, 0.1) is 11.7 Å². The maximum Gasteiger partial charge on any atom is 0.0762 e. The van der Waals surface area contributed by atoms with E-state index in [1.807, 2.05) is 17.5 Å². The van der Waals surface area contributed by atoms with Crippen molar-refractivity contribution >= 4 is 21.4 Å². The molecule has 0 radical (unpaired) electrons. The zero-order valence-electron chi connectivity index (χ0n) is 12.5. The van der Waals surface area contributed by atoms with Crippen LogP contribution in [0.1, 0.15) is 37.6 Å². The molecule has 3 rings (SSSR count). The Bertz CT molecular complexity index is 713. The van der Waals surface area contributed by atoms with Gasteiger partial charge in [0.2, 0.25) is 0 Å². The maximum atomic E-state index is 4.43. The van der Waals surface area contributed by atoms with Crippen molar-refractivity contribution in [1.29, 1.82) is 0 Å². The van der Waals surface area contributed by atoms with E-state index in [4.69, 9.17) is 0 Å². The molecule has 2 heterocycles. The molecule has 4 heteroatoms. The zero-order chi connectivity index (χ0) is 14.7. The second kappa shape index (κ2) is 6.41. The lowest BCUT2D eigenvalue weighted by Crippen LogP contribution is -2.25. The van der Waals surface area contributed by atoms with Crippen molar-refractivity contribution in [3.05, 3.63) is 53.2 Å². The fourth-order valence-electron chi connectivity index (χ4n) is 2.74. The molecule has 0 aliphatic rings. The summed E-state index contributed by atoms with van der Waals surface area (Å²) in [4.78, 5) is 0. The van der Waals surface area contributed by atoms with Gasteiger partial charge in [0.15, 0.2) is 0 Å². The topological polar surface area (TPSA) is 29.9 Å². The molecule has 0 aliphatic heterocycles. The summed E-state index contributed by atoms with van der Waals surface area (Å²) in [7, 11) is 0. The summed E-state index contributed by atoms with van der Waals surface area (Å²) >= 11 is 1.82. The van der Waals surface area contributed by atoms with Gasteiger partial charge in [0, 0.05) is 17.4 Å². The number of hydrogen-bond acceptors (Lipinski definition) is 3. The number of aromatic nitrogens is 2. The first kappa shape index (κ1) is 14.3. The molecule has 0 bridgehead atoms. The highest BCUT2D eigenvalue weighted by atomic mass is 32.1. The van der Waals surface area contributed by atoms with Crippen molar-refractivity contribution in [2.45, 2.75) is 32.9 Å². The summed E-state index contributed by atoms with van der Waals surface area (Å²) < 4.78 is 3.43. The van der Waals surface area contributed by atoms with Crippen LogP contribution in [0.3, 0.4) is 0 Å². The highest BCUT2D eigenvalue weighted by Crippen LogP contribution is 2.33. The van der Waals surface area contributed by atoms with Crippen molar-refractivity contribution in [2.75, 3.05) is 6.54 Å². The number of benzene rings is 1. The molecule has 1 aromatic carbocycles. The number of rotatable bonds is 6. The minimum atomic E-state index is 0.212. The molecule has 0 amide bonds. The van der Waals surface area contributed by atoms with Crippen molar-refractivity contribution in [2.24, 2.45) is 0 Å². The first-order chi connectivity index (χ1) is 10.3. The molecule has 1 atom stereocenters. The second-order valence-electron chi connectivity index (χ2n) is 5.15. The molecule has 0 saturated carbocycles. The van der Waals surface area contributed by atoms with Crippen molar-refractivity contribution in [3.63, 3.8) is 0 Å². The standard InChI is InChI=1S/C17H21N3S/c1-3-10-18-17(15-9-11-19-20(15)4-2)14-12-21-16-8-6-5-7-13(14)16/h5-9,11-12,17-18H,3-4,10H2,1-2H3. The Morgan fingerprint density at radius 2 is 2.10 bits per heavy atom. The molecular weight excluding hydrogens is 278 g/mol. The second-order valence-corrected chi connectivity index (χ2v) is 6.06. The number of hydrogen-bond donors (Lipinski definition) is 1. The lowest BCUT2D eigenvalue weighted by molar-refractivity contribution is 0.532. The number of nitrogens with one attached hydrogen (secondary N) is 1. The predicted octanol–water partition coefficient (Wildman–Crippen LogP) is 4.21. The fourth-order valence-corrected chi connectivity index (χ4v) is 3.72. The molecule has 0 fully saturated rings. The highest BCUT2D eigenvalue weighted by molar-refractivity contribution is 7.17. The maximum absolute atomic E-state index is 4.43. The van der Waals surface area contributed by atoms with E-state index >= 15 is 0 Å². The van der Waals surface area contributed by atoms with Crippen LogP contribution in [0.2, 0.25) is 0 Å². The molecule has 3 nitrogen and oxygen atoms in total. The van der Waals surface area contributed by atoms with E-state index in [-0.39, 0.29) is 6.04 Å². The predicted molar refractivity (Wildman–Crippen MR) is 89.9 cm³/mol. The van der Waals surface area contributed by atoms with Gasteiger partial charge in [0.25, 0.3) is 0 Å².